The van der Waals surface area contributed by atoms with Crippen molar-refractivity contribution >= 4 is 5.78 Å². The molecule has 0 atom stereocenters. The number of allylic oxidation sites excluding steroid dienone is 2. The molecule has 1 rings (SSSR count). The fourth-order valence-corrected chi connectivity index (χ4v) is 0.912. The van der Waals surface area contributed by atoms with Crippen LogP contribution in [-0.2, 0) is 4.79 Å². The van der Waals surface area contributed by atoms with Gasteiger partial charge in [-0.15, -0.1) is 0 Å². The summed E-state index contributed by atoms with van der Waals surface area (Å²) in [5.41, 5.74) is 0.793. The lowest BCUT2D eigenvalue weighted by atomic mass is 10.1. The summed E-state index contributed by atoms with van der Waals surface area (Å²) in [6.07, 6.45) is 4.16. The molecule has 0 radical (unpaired) electrons. The Morgan fingerprint density at radius 1 is 1.78 bits per heavy atom. The highest BCUT2D eigenvalue weighted by Crippen LogP contribution is 2.02. The maximum absolute atomic E-state index is 10.7. The third kappa shape index (κ3) is 1.56. The minimum absolute atomic E-state index is 0.148. The number of hydrogen-bond donors (Lipinski definition) is 1. The van der Waals surface area contributed by atoms with Crippen LogP contribution >= 0.6 is 0 Å². The molecule has 0 amide bonds. The molecule has 1 aliphatic rings. The summed E-state index contributed by atoms with van der Waals surface area (Å²) in [4.78, 5) is 10.7. The van der Waals surface area contributed by atoms with Crippen molar-refractivity contribution in [2.45, 2.75) is 19.8 Å². The van der Waals surface area contributed by atoms with Crippen LogP contribution in [0.5, 0.6) is 0 Å². The zero-order valence-corrected chi connectivity index (χ0v) is 5.61. The van der Waals surface area contributed by atoms with E-state index >= 15 is 0 Å². The van der Waals surface area contributed by atoms with Gasteiger partial charge in [0.25, 0.3) is 0 Å². The van der Waals surface area contributed by atoms with Gasteiger partial charge in [-0.1, -0.05) is 6.08 Å². The molecule has 0 aromatic carbocycles. The van der Waals surface area contributed by atoms with Gasteiger partial charge in [-0.3, -0.25) is 4.79 Å². The lowest BCUT2D eigenvalue weighted by Crippen LogP contribution is -2.22. The first-order chi connectivity index (χ1) is 4.30. The van der Waals surface area contributed by atoms with E-state index in [0.717, 1.165) is 25.1 Å². The SMILES string of the molecule is CC(=O)C1=CCCCN1. The molecule has 1 aliphatic heterocycles. The Morgan fingerprint density at radius 3 is 2.89 bits per heavy atom. The van der Waals surface area contributed by atoms with Crippen molar-refractivity contribution in [2.24, 2.45) is 0 Å². The molecular formula is C7H11NO. The third-order valence-electron chi connectivity index (χ3n) is 1.42. The molecule has 50 valence electrons. The minimum atomic E-state index is 0.148. The number of hydrogen-bond acceptors (Lipinski definition) is 2. The van der Waals surface area contributed by atoms with Crippen molar-refractivity contribution in [2.75, 3.05) is 6.54 Å². The largest absolute Gasteiger partial charge is 0.382 e. The van der Waals surface area contributed by atoms with Crippen molar-refractivity contribution in [1.82, 2.24) is 5.32 Å². The lowest BCUT2D eigenvalue weighted by Gasteiger charge is -2.11. The van der Waals surface area contributed by atoms with E-state index in [-0.39, 0.29) is 5.78 Å². The predicted octanol–water partition coefficient (Wildman–Crippen LogP) is 0.843. The third-order valence-corrected chi connectivity index (χ3v) is 1.42. The molecule has 0 fully saturated rings. The first-order valence-electron chi connectivity index (χ1n) is 3.25. The van der Waals surface area contributed by atoms with Crippen LogP contribution in [0.25, 0.3) is 0 Å². The van der Waals surface area contributed by atoms with Gasteiger partial charge in [0.2, 0.25) is 0 Å². The lowest BCUT2D eigenvalue weighted by molar-refractivity contribution is -0.114. The molecule has 1 N–H and O–H groups in total. The topological polar surface area (TPSA) is 29.1 Å². The number of carbonyl (C=O) groups excluding carboxylic acids is 1. The molecular weight excluding hydrogens is 114 g/mol. The summed E-state index contributed by atoms with van der Waals surface area (Å²) in [5.74, 6) is 0.148. The van der Waals surface area contributed by atoms with Crippen LogP contribution in [0.3, 0.4) is 0 Å². The Balaban J connectivity index is 2.57. The summed E-state index contributed by atoms with van der Waals surface area (Å²) >= 11 is 0. The average Bonchev–Trinajstić information content (AvgIpc) is 1.90. The highest BCUT2D eigenvalue weighted by Gasteiger charge is 2.04. The number of carbonyl (C=O) groups is 1. The van der Waals surface area contributed by atoms with E-state index < -0.39 is 0 Å². The molecule has 0 bridgehead atoms. The summed E-state index contributed by atoms with van der Waals surface area (Å²) in [7, 11) is 0. The summed E-state index contributed by atoms with van der Waals surface area (Å²) < 4.78 is 0. The maximum Gasteiger partial charge on any atom is 0.175 e. The zero-order chi connectivity index (χ0) is 6.69. The van der Waals surface area contributed by atoms with E-state index in [2.05, 4.69) is 5.32 Å². The van der Waals surface area contributed by atoms with Crippen molar-refractivity contribution in [3.63, 3.8) is 0 Å². The summed E-state index contributed by atoms with van der Waals surface area (Å²) in [6.45, 7) is 2.54. The second-order valence-electron chi connectivity index (χ2n) is 2.24. The van der Waals surface area contributed by atoms with Crippen LogP contribution in [0.4, 0.5) is 0 Å². The van der Waals surface area contributed by atoms with Crippen LogP contribution in [0, 0.1) is 0 Å². The number of rotatable bonds is 1. The van der Waals surface area contributed by atoms with Crippen molar-refractivity contribution in [1.29, 1.82) is 0 Å². The quantitative estimate of drug-likeness (QED) is 0.562. The van der Waals surface area contributed by atoms with Gasteiger partial charge >= 0.3 is 0 Å². The van der Waals surface area contributed by atoms with Gasteiger partial charge in [0.15, 0.2) is 5.78 Å². The Hall–Kier alpha value is -0.790. The van der Waals surface area contributed by atoms with Crippen molar-refractivity contribution in [3.8, 4) is 0 Å². The molecule has 0 unspecified atom stereocenters. The minimum Gasteiger partial charge on any atom is -0.382 e. The molecule has 0 saturated heterocycles. The average molecular weight is 125 g/mol. The van der Waals surface area contributed by atoms with E-state index in [1.54, 1.807) is 6.92 Å². The molecule has 1 heterocycles. The van der Waals surface area contributed by atoms with Crippen LogP contribution in [0.2, 0.25) is 0 Å². The molecule has 0 aromatic rings. The van der Waals surface area contributed by atoms with Crippen LogP contribution in [0.1, 0.15) is 19.8 Å². The predicted molar refractivity (Wildman–Crippen MR) is 36.0 cm³/mol. The maximum atomic E-state index is 10.7. The normalized spacial score (nSPS) is 18.1. The Labute approximate surface area is 54.9 Å². The van der Waals surface area contributed by atoms with E-state index in [4.69, 9.17) is 0 Å². The van der Waals surface area contributed by atoms with E-state index in [1.165, 1.54) is 0 Å². The molecule has 0 aromatic heterocycles. The Bertz CT molecular complexity index is 149. The van der Waals surface area contributed by atoms with Gasteiger partial charge in [-0.25, -0.2) is 0 Å². The summed E-state index contributed by atoms with van der Waals surface area (Å²) in [5, 5.41) is 3.03. The number of nitrogens with one attached hydrogen (secondary N) is 1. The second-order valence-corrected chi connectivity index (χ2v) is 2.24. The molecule has 2 nitrogen and oxygen atoms in total. The smallest absolute Gasteiger partial charge is 0.175 e. The van der Waals surface area contributed by atoms with E-state index in [9.17, 15) is 4.79 Å². The zero-order valence-electron chi connectivity index (χ0n) is 5.61. The van der Waals surface area contributed by atoms with Gasteiger partial charge in [0.1, 0.15) is 0 Å². The Kier molecular flexibility index (Phi) is 1.88. The monoisotopic (exact) mass is 125 g/mol. The molecule has 0 aliphatic carbocycles. The van der Waals surface area contributed by atoms with Crippen molar-refractivity contribution in [3.05, 3.63) is 11.8 Å². The number of ketones is 1. The van der Waals surface area contributed by atoms with Crippen LogP contribution < -0.4 is 5.32 Å². The van der Waals surface area contributed by atoms with Gasteiger partial charge in [0, 0.05) is 13.5 Å². The Morgan fingerprint density at radius 2 is 2.56 bits per heavy atom. The highest BCUT2D eigenvalue weighted by molar-refractivity contribution is 5.92. The summed E-state index contributed by atoms with van der Waals surface area (Å²) in [6, 6.07) is 0. The number of Topliss-reactive ketones (excluding diaryl/α,β-unsaturated/α-hetero) is 1. The van der Waals surface area contributed by atoms with Gasteiger partial charge in [-0.05, 0) is 12.8 Å². The van der Waals surface area contributed by atoms with Crippen molar-refractivity contribution < 1.29 is 4.79 Å². The van der Waals surface area contributed by atoms with E-state index in [0.29, 0.717) is 0 Å². The standard InChI is InChI=1S/C7H11NO/c1-6(9)7-4-2-3-5-8-7/h4,8H,2-3,5H2,1H3. The first kappa shape index (κ1) is 6.33. The second kappa shape index (κ2) is 2.67. The van der Waals surface area contributed by atoms with Crippen LogP contribution in [-0.4, -0.2) is 12.3 Å². The van der Waals surface area contributed by atoms with E-state index in [1.807, 2.05) is 6.08 Å². The fourth-order valence-electron chi connectivity index (χ4n) is 0.912. The molecule has 0 spiro atoms. The van der Waals surface area contributed by atoms with Gasteiger partial charge in [0.05, 0.1) is 5.70 Å². The molecule has 9 heavy (non-hydrogen) atoms. The first-order valence-corrected chi connectivity index (χ1v) is 3.25. The fraction of sp³-hybridized carbons (Fsp3) is 0.571. The molecule has 0 saturated carbocycles. The van der Waals surface area contributed by atoms with Gasteiger partial charge < -0.3 is 5.32 Å². The van der Waals surface area contributed by atoms with Gasteiger partial charge in [-0.2, -0.15) is 0 Å². The van der Waals surface area contributed by atoms with Crippen LogP contribution in [0.15, 0.2) is 11.8 Å². The highest BCUT2D eigenvalue weighted by atomic mass is 16.1. The molecule has 2 heteroatoms.